The van der Waals surface area contributed by atoms with Crippen LogP contribution in [0.4, 0.5) is 10.5 Å². The summed E-state index contributed by atoms with van der Waals surface area (Å²) in [6, 6.07) is 5.89. The van der Waals surface area contributed by atoms with Crippen LogP contribution in [-0.2, 0) is 14.3 Å². The summed E-state index contributed by atoms with van der Waals surface area (Å²) >= 11 is 0. The fraction of sp³-hybridized carbons (Fsp3) is 0.200. The van der Waals surface area contributed by atoms with Gasteiger partial charge >= 0.3 is 6.16 Å². The molecule has 1 rings (SSSR count). The first-order valence-corrected chi connectivity index (χ1v) is 4.41. The average molecular weight is 225 g/mol. The molecule has 0 radical (unpaired) electrons. The molecule has 6 heteroatoms. The van der Waals surface area contributed by atoms with E-state index in [-0.39, 0.29) is 5.75 Å². The van der Waals surface area contributed by atoms with Gasteiger partial charge in [-0.15, -0.1) is 0 Å². The Kier molecular flexibility index (Phi) is 4.14. The van der Waals surface area contributed by atoms with E-state index in [1.807, 2.05) is 0 Å². The fourth-order valence-corrected chi connectivity index (χ4v) is 0.925. The van der Waals surface area contributed by atoms with E-state index in [0.717, 1.165) is 7.11 Å². The van der Waals surface area contributed by atoms with E-state index in [0.29, 0.717) is 5.69 Å². The molecule has 0 fully saturated rings. The number of methoxy groups -OCH3 is 1. The minimum absolute atomic E-state index is 0.101. The molecule has 0 unspecified atom stereocenters. The summed E-state index contributed by atoms with van der Waals surface area (Å²) in [5, 5.41) is 11.5. The highest BCUT2D eigenvalue weighted by Crippen LogP contribution is 2.13. The van der Waals surface area contributed by atoms with E-state index in [1.165, 1.54) is 24.3 Å². The third-order valence-corrected chi connectivity index (χ3v) is 1.64. The first kappa shape index (κ1) is 11.8. The lowest BCUT2D eigenvalue weighted by Gasteiger charge is -2.05. The molecule has 1 aromatic rings. The first-order chi connectivity index (χ1) is 7.61. The van der Waals surface area contributed by atoms with Gasteiger partial charge in [0.2, 0.25) is 0 Å². The summed E-state index contributed by atoms with van der Waals surface area (Å²) in [4.78, 5) is 21.8. The van der Waals surface area contributed by atoms with Gasteiger partial charge in [-0.25, -0.2) is 4.79 Å². The van der Waals surface area contributed by atoms with Crippen LogP contribution in [0.25, 0.3) is 0 Å². The molecule has 0 aromatic heterocycles. The van der Waals surface area contributed by atoms with Crippen LogP contribution in [0.1, 0.15) is 0 Å². The number of amides is 1. The number of rotatable bonds is 3. The molecule has 2 N–H and O–H groups in total. The summed E-state index contributed by atoms with van der Waals surface area (Å²) in [6.07, 6.45) is -0.916. The largest absolute Gasteiger partial charge is 0.508 e. The Hall–Kier alpha value is -2.24. The maximum absolute atomic E-state index is 11.2. The lowest BCUT2D eigenvalue weighted by molar-refractivity contribution is -0.119. The molecular weight excluding hydrogens is 214 g/mol. The number of carbonyl (C=O) groups excluding carboxylic acids is 2. The highest BCUT2D eigenvalue weighted by atomic mass is 16.7. The van der Waals surface area contributed by atoms with Gasteiger partial charge in [-0.1, -0.05) is 0 Å². The average Bonchev–Trinajstić information content (AvgIpc) is 2.29. The highest BCUT2D eigenvalue weighted by molar-refractivity contribution is 5.92. The zero-order valence-corrected chi connectivity index (χ0v) is 8.60. The third kappa shape index (κ3) is 3.87. The van der Waals surface area contributed by atoms with Crippen molar-refractivity contribution in [3.05, 3.63) is 24.3 Å². The zero-order valence-electron chi connectivity index (χ0n) is 8.60. The van der Waals surface area contributed by atoms with Crippen molar-refractivity contribution in [2.45, 2.75) is 0 Å². The van der Waals surface area contributed by atoms with Crippen molar-refractivity contribution in [2.24, 2.45) is 0 Å². The first-order valence-electron chi connectivity index (χ1n) is 4.41. The number of hydrogen-bond acceptors (Lipinski definition) is 5. The maximum Gasteiger partial charge on any atom is 0.508 e. The van der Waals surface area contributed by atoms with Crippen molar-refractivity contribution in [1.29, 1.82) is 0 Å². The summed E-state index contributed by atoms with van der Waals surface area (Å²) in [6.45, 7) is -0.423. The summed E-state index contributed by atoms with van der Waals surface area (Å²) in [7, 11) is 1.15. The molecule has 0 saturated heterocycles. The van der Waals surface area contributed by atoms with Gasteiger partial charge in [0, 0.05) is 5.69 Å². The molecule has 0 spiro atoms. The Morgan fingerprint density at radius 1 is 1.31 bits per heavy atom. The van der Waals surface area contributed by atoms with E-state index in [1.54, 1.807) is 0 Å². The van der Waals surface area contributed by atoms with Gasteiger partial charge < -0.3 is 19.9 Å². The molecule has 86 valence electrons. The molecule has 16 heavy (non-hydrogen) atoms. The number of nitrogens with one attached hydrogen (secondary N) is 1. The predicted octanol–water partition coefficient (Wildman–Crippen LogP) is 1.11. The SMILES string of the molecule is COC(=O)OCC(=O)Nc1ccc(O)cc1. The summed E-state index contributed by atoms with van der Waals surface area (Å²) < 4.78 is 8.62. The second-order valence-corrected chi connectivity index (χ2v) is 2.84. The van der Waals surface area contributed by atoms with Crippen molar-refractivity contribution >= 4 is 17.7 Å². The molecule has 0 aliphatic heterocycles. The van der Waals surface area contributed by atoms with Crippen molar-refractivity contribution in [1.82, 2.24) is 0 Å². The number of ether oxygens (including phenoxy) is 2. The molecule has 1 aromatic carbocycles. The minimum Gasteiger partial charge on any atom is -0.508 e. The highest BCUT2D eigenvalue weighted by Gasteiger charge is 2.06. The van der Waals surface area contributed by atoms with Crippen LogP contribution in [0.15, 0.2) is 24.3 Å². The lowest BCUT2D eigenvalue weighted by atomic mass is 10.3. The molecule has 0 heterocycles. The molecule has 0 aliphatic carbocycles. The lowest BCUT2D eigenvalue weighted by Crippen LogP contribution is -2.20. The van der Waals surface area contributed by atoms with E-state index < -0.39 is 18.7 Å². The standard InChI is InChI=1S/C10H11NO5/c1-15-10(14)16-6-9(13)11-7-2-4-8(12)5-3-7/h2-5,12H,6H2,1H3,(H,11,13). The maximum atomic E-state index is 11.2. The Morgan fingerprint density at radius 2 is 1.94 bits per heavy atom. The number of phenols is 1. The summed E-state index contributed by atoms with van der Waals surface area (Å²) in [5.74, 6) is -0.389. The number of aromatic hydroxyl groups is 1. The predicted molar refractivity (Wildman–Crippen MR) is 55.1 cm³/mol. The van der Waals surface area contributed by atoms with E-state index in [2.05, 4.69) is 14.8 Å². The van der Waals surface area contributed by atoms with Crippen LogP contribution in [0.2, 0.25) is 0 Å². The Morgan fingerprint density at radius 3 is 2.50 bits per heavy atom. The Labute approximate surface area is 91.8 Å². The normalized spacial score (nSPS) is 9.31. The van der Waals surface area contributed by atoms with Gasteiger partial charge in [-0.2, -0.15) is 0 Å². The second kappa shape index (κ2) is 5.59. The molecule has 6 nitrogen and oxygen atoms in total. The third-order valence-electron chi connectivity index (χ3n) is 1.64. The zero-order chi connectivity index (χ0) is 12.0. The van der Waals surface area contributed by atoms with Gasteiger partial charge in [0.25, 0.3) is 5.91 Å². The molecular formula is C10H11NO5. The van der Waals surface area contributed by atoms with Gasteiger partial charge in [0.05, 0.1) is 7.11 Å². The number of anilines is 1. The van der Waals surface area contributed by atoms with Gasteiger partial charge in [0.1, 0.15) is 5.75 Å². The van der Waals surface area contributed by atoms with Crippen LogP contribution >= 0.6 is 0 Å². The molecule has 0 atom stereocenters. The van der Waals surface area contributed by atoms with E-state index in [4.69, 9.17) is 5.11 Å². The quantitative estimate of drug-likeness (QED) is 0.594. The fourth-order valence-electron chi connectivity index (χ4n) is 0.925. The number of hydrogen-bond donors (Lipinski definition) is 2. The van der Waals surface area contributed by atoms with E-state index >= 15 is 0 Å². The van der Waals surface area contributed by atoms with Crippen LogP contribution in [0.5, 0.6) is 5.75 Å². The van der Waals surface area contributed by atoms with Crippen LogP contribution in [0.3, 0.4) is 0 Å². The summed E-state index contributed by atoms with van der Waals surface area (Å²) in [5.41, 5.74) is 0.497. The number of benzene rings is 1. The van der Waals surface area contributed by atoms with Gasteiger partial charge in [0.15, 0.2) is 6.61 Å². The molecule has 0 saturated carbocycles. The van der Waals surface area contributed by atoms with Crippen LogP contribution in [0, 0.1) is 0 Å². The van der Waals surface area contributed by atoms with Crippen molar-refractivity contribution < 1.29 is 24.2 Å². The molecule has 1 amide bonds. The van der Waals surface area contributed by atoms with Crippen molar-refractivity contribution in [2.75, 3.05) is 19.0 Å². The second-order valence-electron chi connectivity index (χ2n) is 2.84. The van der Waals surface area contributed by atoms with Crippen LogP contribution < -0.4 is 5.32 Å². The Bertz CT molecular complexity index is 373. The van der Waals surface area contributed by atoms with Crippen molar-refractivity contribution in [3.8, 4) is 5.75 Å². The number of carbonyl (C=O) groups is 2. The van der Waals surface area contributed by atoms with Gasteiger partial charge in [-0.3, -0.25) is 4.79 Å². The minimum atomic E-state index is -0.916. The van der Waals surface area contributed by atoms with Gasteiger partial charge in [-0.05, 0) is 24.3 Å². The smallest absolute Gasteiger partial charge is 0.508 e. The number of phenolic OH excluding ortho intramolecular Hbond substituents is 1. The molecule has 0 bridgehead atoms. The monoisotopic (exact) mass is 225 g/mol. The topological polar surface area (TPSA) is 84.9 Å². The Balaban J connectivity index is 2.40. The van der Waals surface area contributed by atoms with Crippen molar-refractivity contribution in [3.63, 3.8) is 0 Å². The molecule has 0 aliphatic rings. The van der Waals surface area contributed by atoms with Crippen LogP contribution in [-0.4, -0.2) is 30.9 Å². The van der Waals surface area contributed by atoms with E-state index in [9.17, 15) is 9.59 Å².